The van der Waals surface area contributed by atoms with Gasteiger partial charge in [-0.05, 0) is 11.6 Å². The van der Waals surface area contributed by atoms with E-state index in [9.17, 15) is 5.11 Å². The highest BCUT2D eigenvalue weighted by Gasteiger charge is 2.18. The summed E-state index contributed by atoms with van der Waals surface area (Å²) in [7, 11) is 0. The quantitative estimate of drug-likeness (QED) is 0.722. The number of hydrogen-bond acceptors (Lipinski definition) is 4. The zero-order chi connectivity index (χ0) is 11.0. The normalized spacial score (nSPS) is 14.1. The first kappa shape index (κ1) is 9.50. The van der Waals surface area contributed by atoms with Gasteiger partial charge >= 0.3 is 0 Å². The number of nitrogens with zero attached hydrogens (tertiary/aromatic N) is 3. The minimum atomic E-state index is -0.0703. The van der Waals surface area contributed by atoms with Crippen molar-refractivity contribution in [2.75, 3.05) is 0 Å². The van der Waals surface area contributed by atoms with Gasteiger partial charge in [-0.1, -0.05) is 23.4 Å². The van der Waals surface area contributed by atoms with Gasteiger partial charge in [0.1, 0.15) is 5.69 Å². The third-order valence-corrected chi connectivity index (χ3v) is 2.82. The average Bonchev–Trinajstić information content (AvgIpc) is 2.64. The van der Waals surface area contributed by atoms with E-state index in [1.54, 1.807) is 4.68 Å². The van der Waals surface area contributed by atoms with Crippen molar-refractivity contribution in [1.82, 2.24) is 20.3 Å². The van der Waals surface area contributed by atoms with Crippen molar-refractivity contribution in [3.8, 4) is 5.69 Å². The van der Waals surface area contributed by atoms with Crippen LogP contribution in [0.4, 0.5) is 0 Å². The van der Waals surface area contributed by atoms with Crippen LogP contribution >= 0.6 is 0 Å². The fourth-order valence-corrected chi connectivity index (χ4v) is 2.01. The van der Waals surface area contributed by atoms with Gasteiger partial charge in [0.2, 0.25) is 0 Å². The van der Waals surface area contributed by atoms with Crippen LogP contribution in [0.25, 0.3) is 5.69 Å². The molecule has 0 atom stereocenters. The molecule has 0 saturated heterocycles. The average molecular weight is 216 g/mol. The van der Waals surface area contributed by atoms with Gasteiger partial charge in [-0.25, -0.2) is 4.68 Å². The third kappa shape index (κ3) is 1.33. The van der Waals surface area contributed by atoms with Gasteiger partial charge in [-0.3, -0.25) is 0 Å². The summed E-state index contributed by atoms with van der Waals surface area (Å²) in [5.41, 5.74) is 3.81. The second kappa shape index (κ2) is 3.70. The van der Waals surface area contributed by atoms with E-state index < -0.39 is 0 Å². The van der Waals surface area contributed by atoms with Crippen molar-refractivity contribution >= 4 is 0 Å². The maximum atomic E-state index is 9.18. The highest BCUT2D eigenvalue weighted by atomic mass is 16.3. The van der Waals surface area contributed by atoms with Crippen LogP contribution in [-0.4, -0.2) is 20.1 Å². The van der Waals surface area contributed by atoms with Crippen LogP contribution in [0.1, 0.15) is 17.0 Å². The number of aromatic nitrogens is 3. The maximum Gasteiger partial charge on any atom is 0.113 e. The summed E-state index contributed by atoms with van der Waals surface area (Å²) in [5.74, 6) is 0. The molecule has 5 heteroatoms. The number of benzene rings is 1. The van der Waals surface area contributed by atoms with Gasteiger partial charge in [-0.15, -0.1) is 5.10 Å². The molecule has 0 amide bonds. The maximum absolute atomic E-state index is 9.18. The van der Waals surface area contributed by atoms with Gasteiger partial charge in [0.25, 0.3) is 0 Å². The van der Waals surface area contributed by atoms with Crippen LogP contribution in [0.2, 0.25) is 0 Å². The molecule has 1 aromatic heterocycles. The zero-order valence-corrected chi connectivity index (χ0v) is 8.72. The standard InChI is InChI=1S/C11H12N4O/c16-7-9-11-6-12-5-8-3-1-2-4-10(8)15(11)14-13-9/h1-4,12,16H,5-7H2. The lowest BCUT2D eigenvalue weighted by atomic mass is 10.2. The third-order valence-electron chi connectivity index (χ3n) is 2.82. The summed E-state index contributed by atoms with van der Waals surface area (Å²) < 4.78 is 1.81. The minimum absolute atomic E-state index is 0.0703. The molecule has 2 heterocycles. The smallest absolute Gasteiger partial charge is 0.113 e. The summed E-state index contributed by atoms with van der Waals surface area (Å²) >= 11 is 0. The predicted octanol–water partition coefficient (Wildman–Crippen LogP) is 0.363. The van der Waals surface area contributed by atoms with E-state index in [1.807, 2.05) is 18.2 Å². The molecule has 3 rings (SSSR count). The molecule has 82 valence electrons. The van der Waals surface area contributed by atoms with Crippen LogP contribution in [0.3, 0.4) is 0 Å². The zero-order valence-electron chi connectivity index (χ0n) is 8.72. The van der Waals surface area contributed by atoms with Crippen LogP contribution in [-0.2, 0) is 19.7 Å². The lowest BCUT2D eigenvalue weighted by Gasteiger charge is -2.05. The van der Waals surface area contributed by atoms with Crippen molar-refractivity contribution in [2.24, 2.45) is 0 Å². The topological polar surface area (TPSA) is 63.0 Å². The Morgan fingerprint density at radius 3 is 3.06 bits per heavy atom. The number of nitrogens with one attached hydrogen (secondary N) is 1. The highest BCUT2D eigenvalue weighted by molar-refractivity contribution is 5.42. The Bertz CT molecular complexity index is 520. The van der Waals surface area contributed by atoms with E-state index in [-0.39, 0.29) is 6.61 Å². The molecule has 0 radical (unpaired) electrons. The molecule has 1 aliphatic rings. The molecule has 5 nitrogen and oxygen atoms in total. The fraction of sp³-hybridized carbons (Fsp3) is 0.273. The van der Waals surface area contributed by atoms with Crippen LogP contribution < -0.4 is 5.32 Å². The van der Waals surface area contributed by atoms with E-state index in [2.05, 4.69) is 21.7 Å². The largest absolute Gasteiger partial charge is 0.390 e. The summed E-state index contributed by atoms with van der Waals surface area (Å²) in [6, 6.07) is 8.07. The highest BCUT2D eigenvalue weighted by Crippen LogP contribution is 2.20. The number of hydrogen-bond donors (Lipinski definition) is 2. The molecule has 0 bridgehead atoms. The Balaban J connectivity index is 2.22. The molecular weight excluding hydrogens is 204 g/mol. The number of para-hydroxylation sites is 1. The lowest BCUT2D eigenvalue weighted by molar-refractivity contribution is 0.275. The monoisotopic (exact) mass is 216 g/mol. The molecule has 0 aliphatic carbocycles. The molecule has 0 saturated carbocycles. The summed E-state index contributed by atoms with van der Waals surface area (Å²) in [5, 5.41) is 20.6. The van der Waals surface area contributed by atoms with Crippen molar-refractivity contribution in [3.05, 3.63) is 41.2 Å². The van der Waals surface area contributed by atoms with Gasteiger partial charge in [0.05, 0.1) is 18.0 Å². The summed E-state index contributed by atoms with van der Waals surface area (Å²) in [4.78, 5) is 0. The van der Waals surface area contributed by atoms with Crippen molar-refractivity contribution in [2.45, 2.75) is 19.7 Å². The van der Waals surface area contributed by atoms with E-state index in [0.717, 1.165) is 17.9 Å². The molecule has 2 N–H and O–H groups in total. The molecule has 0 unspecified atom stereocenters. The molecule has 2 aromatic rings. The van der Waals surface area contributed by atoms with Crippen molar-refractivity contribution < 1.29 is 5.11 Å². The van der Waals surface area contributed by atoms with E-state index in [4.69, 9.17) is 0 Å². The Hall–Kier alpha value is -1.72. The molecular formula is C11H12N4O. The lowest BCUT2D eigenvalue weighted by Crippen LogP contribution is -2.12. The number of rotatable bonds is 1. The molecule has 1 aromatic carbocycles. The summed E-state index contributed by atoms with van der Waals surface area (Å²) in [6.45, 7) is 1.42. The number of aliphatic hydroxyl groups excluding tert-OH is 1. The predicted molar refractivity (Wildman–Crippen MR) is 57.8 cm³/mol. The van der Waals surface area contributed by atoms with Crippen molar-refractivity contribution in [3.63, 3.8) is 0 Å². The Morgan fingerprint density at radius 1 is 1.31 bits per heavy atom. The first-order valence-corrected chi connectivity index (χ1v) is 5.23. The van der Waals surface area contributed by atoms with E-state index in [0.29, 0.717) is 12.2 Å². The molecule has 16 heavy (non-hydrogen) atoms. The van der Waals surface area contributed by atoms with E-state index in [1.165, 1.54) is 5.56 Å². The van der Waals surface area contributed by atoms with Gasteiger partial charge < -0.3 is 10.4 Å². The number of fused-ring (bicyclic) bond motifs is 3. The Morgan fingerprint density at radius 2 is 2.19 bits per heavy atom. The first-order chi connectivity index (χ1) is 7.90. The van der Waals surface area contributed by atoms with Gasteiger partial charge in [0, 0.05) is 13.1 Å². The second-order valence-corrected chi connectivity index (χ2v) is 3.79. The fourth-order valence-electron chi connectivity index (χ4n) is 2.01. The van der Waals surface area contributed by atoms with Crippen molar-refractivity contribution in [1.29, 1.82) is 0 Å². The van der Waals surface area contributed by atoms with Crippen LogP contribution in [0, 0.1) is 0 Å². The van der Waals surface area contributed by atoms with Gasteiger partial charge in [0.15, 0.2) is 0 Å². The second-order valence-electron chi connectivity index (χ2n) is 3.79. The van der Waals surface area contributed by atoms with E-state index >= 15 is 0 Å². The Labute approximate surface area is 92.7 Å². The SMILES string of the molecule is OCc1nnn2c1CNCc1ccccc1-2. The van der Waals surface area contributed by atoms with Crippen LogP contribution in [0.5, 0.6) is 0 Å². The number of aliphatic hydroxyl groups is 1. The van der Waals surface area contributed by atoms with Gasteiger partial charge in [-0.2, -0.15) is 0 Å². The molecule has 0 spiro atoms. The molecule has 1 aliphatic heterocycles. The first-order valence-electron chi connectivity index (χ1n) is 5.23. The molecule has 0 fully saturated rings. The minimum Gasteiger partial charge on any atom is -0.390 e. The summed E-state index contributed by atoms with van der Waals surface area (Å²) in [6.07, 6.45) is 0. The Kier molecular flexibility index (Phi) is 2.19. The van der Waals surface area contributed by atoms with Crippen LogP contribution in [0.15, 0.2) is 24.3 Å².